The van der Waals surface area contributed by atoms with Gasteiger partial charge in [-0.25, -0.2) is 24.7 Å². The Morgan fingerprint density at radius 1 is 1.06 bits per heavy atom. The third-order valence-corrected chi connectivity index (χ3v) is 5.53. The molecule has 9 heteroatoms. The van der Waals surface area contributed by atoms with Gasteiger partial charge in [-0.05, 0) is 42.8 Å². The smallest absolute Gasteiger partial charge is 0.338 e. The second-order valence-electron chi connectivity index (χ2n) is 7.66. The van der Waals surface area contributed by atoms with E-state index in [1.807, 2.05) is 53.1 Å². The lowest BCUT2D eigenvalue weighted by atomic mass is 10.0. The summed E-state index contributed by atoms with van der Waals surface area (Å²) in [5.41, 5.74) is 9.83. The highest BCUT2D eigenvalue weighted by molar-refractivity contribution is 6.04. The Morgan fingerprint density at radius 3 is 2.71 bits per heavy atom. The van der Waals surface area contributed by atoms with Crippen LogP contribution in [0.5, 0.6) is 5.75 Å². The van der Waals surface area contributed by atoms with Crippen LogP contribution in [-0.2, 0) is 11.3 Å². The van der Waals surface area contributed by atoms with Crippen molar-refractivity contribution in [1.29, 1.82) is 0 Å². The average molecular weight is 454 g/mol. The van der Waals surface area contributed by atoms with Gasteiger partial charge in [0.2, 0.25) is 0 Å². The molecule has 5 rings (SSSR count). The Bertz CT molecular complexity index is 1480. The number of hydrogen-bond acceptors (Lipinski definition) is 8. The van der Waals surface area contributed by atoms with E-state index in [1.165, 1.54) is 6.33 Å². The number of nitrogens with two attached hydrogens (primary N) is 1. The van der Waals surface area contributed by atoms with Gasteiger partial charge in [-0.3, -0.25) is 0 Å². The first-order valence-electron chi connectivity index (χ1n) is 10.8. The average Bonchev–Trinajstić information content (AvgIpc) is 3.30. The molecule has 3 aromatic heterocycles. The minimum atomic E-state index is -0.393. The molecule has 2 N–H and O–H groups in total. The zero-order chi connectivity index (χ0) is 23.5. The van der Waals surface area contributed by atoms with Crippen LogP contribution >= 0.6 is 0 Å². The lowest BCUT2D eigenvalue weighted by molar-refractivity contribution is 0.0498. The number of pyridine rings is 1. The number of nitrogen functional groups attached to an aromatic ring is 1. The topological polar surface area (TPSA) is 118 Å². The summed E-state index contributed by atoms with van der Waals surface area (Å²) in [6.45, 7) is 0.821. The van der Waals surface area contributed by atoms with Gasteiger partial charge in [0.05, 0.1) is 36.8 Å². The largest absolute Gasteiger partial charge is 0.497 e. The number of carbonyl (C=O) groups is 1. The van der Waals surface area contributed by atoms with E-state index in [1.54, 1.807) is 19.5 Å². The molecule has 2 aromatic carbocycles. The number of imidazole rings is 1. The minimum absolute atomic E-state index is 0.244. The number of rotatable bonds is 7. The number of benzene rings is 2. The molecule has 5 aromatic rings. The standard InChI is InChI=1S/C25H22N6O3/c1-33-17-9-7-16(8-10-17)21-13-19(18-5-2-3-6-20(18)30-21)25(32)34-12-4-11-31-15-29-22-23(26)27-14-28-24(22)31/h2-3,5-10,13-15H,4,11-12H2,1H3,(H2,26,27,28). The number of ether oxygens (including phenoxy) is 2. The summed E-state index contributed by atoms with van der Waals surface area (Å²) in [6.07, 6.45) is 3.66. The van der Waals surface area contributed by atoms with Crippen molar-refractivity contribution in [3.63, 3.8) is 0 Å². The highest BCUT2D eigenvalue weighted by Crippen LogP contribution is 2.27. The predicted molar refractivity (Wildman–Crippen MR) is 128 cm³/mol. The van der Waals surface area contributed by atoms with E-state index in [9.17, 15) is 4.79 Å². The summed E-state index contributed by atoms with van der Waals surface area (Å²) in [5, 5.41) is 0.748. The minimum Gasteiger partial charge on any atom is -0.497 e. The van der Waals surface area contributed by atoms with Gasteiger partial charge in [-0.1, -0.05) is 18.2 Å². The molecule has 34 heavy (non-hydrogen) atoms. The Morgan fingerprint density at radius 2 is 1.88 bits per heavy atom. The van der Waals surface area contributed by atoms with Gasteiger partial charge in [-0.15, -0.1) is 0 Å². The molecule has 0 aliphatic rings. The number of para-hydroxylation sites is 1. The number of nitrogens with zero attached hydrogens (tertiary/aromatic N) is 5. The van der Waals surface area contributed by atoms with Crippen molar-refractivity contribution in [2.75, 3.05) is 19.5 Å². The van der Waals surface area contributed by atoms with Crippen molar-refractivity contribution < 1.29 is 14.3 Å². The first kappa shape index (κ1) is 21.3. The highest BCUT2D eigenvalue weighted by atomic mass is 16.5. The number of aromatic nitrogens is 5. The monoisotopic (exact) mass is 454 g/mol. The highest BCUT2D eigenvalue weighted by Gasteiger charge is 2.15. The SMILES string of the molecule is COc1ccc(-c2cc(C(=O)OCCCn3cnc4c(N)ncnc43)c3ccccc3n2)cc1. The Kier molecular flexibility index (Phi) is 5.73. The normalized spacial score (nSPS) is 11.1. The van der Waals surface area contributed by atoms with Crippen LogP contribution in [0.3, 0.4) is 0 Å². The predicted octanol–water partition coefficient (Wildman–Crippen LogP) is 3.88. The summed E-state index contributed by atoms with van der Waals surface area (Å²) in [7, 11) is 1.62. The molecular weight excluding hydrogens is 432 g/mol. The molecule has 0 amide bonds. The number of esters is 1. The second-order valence-corrected chi connectivity index (χ2v) is 7.66. The molecular formula is C25H22N6O3. The van der Waals surface area contributed by atoms with E-state index in [0.29, 0.717) is 41.2 Å². The summed E-state index contributed by atoms with van der Waals surface area (Å²) in [5.74, 6) is 0.701. The van der Waals surface area contributed by atoms with Crippen molar-refractivity contribution in [3.8, 4) is 17.0 Å². The van der Waals surface area contributed by atoms with E-state index in [-0.39, 0.29) is 6.61 Å². The second kappa shape index (κ2) is 9.14. The first-order valence-corrected chi connectivity index (χ1v) is 10.8. The van der Waals surface area contributed by atoms with Crippen LogP contribution in [0.4, 0.5) is 5.82 Å². The Balaban J connectivity index is 1.33. The van der Waals surface area contributed by atoms with Crippen LogP contribution in [0.25, 0.3) is 33.3 Å². The molecule has 0 aliphatic heterocycles. The fourth-order valence-electron chi connectivity index (χ4n) is 3.79. The molecule has 0 aliphatic carbocycles. The lowest BCUT2D eigenvalue weighted by Crippen LogP contribution is -2.10. The molecule has 0 spiro atoms. The van der Waals surface area contributed by atoms with Crippen LogP contribution < -0.4 is 10.5 Å². The number of methoxy groups -OCH3 is 1. The van der Waals surface area contributed by atoms with E-state index in [2.05, 4.69) is 15.0 Å². The molecule has 3 heterocycles. The quantitative estimate of drug-likeness (QED) is 0.291. The van der Waals surface area contributed by atoms with Crippen molar-refractivity contribution in [3.05, 3.63) is 72.8 Å². The van der Waals surface area contributed by atoms with Crippen LogP contribution in [0, 0.1) is 0 Å². The Labute approximate surface area is 195 Å². The van der Waals surface area contributed by atoms with Gasteiger partial charge in [0.25, 0.3) is 0 Å². The zero-order valence-corrected chi connectivity index (χ0v) is 18.5. The fraction of sp³-hybridized carbons (Fsp3) is 0.160. The molecule has 0 fully saturated rings. The molecule has 0 atom stereocenters. The van der Waals surface area contributed by atoms with Gasteiger partial charge in [-0.2, -0.15) is 0 Å². The van der Waals surface area contributed by atoms with Crippen molar-refractivity contribution >= 4 is 33.9 Å². The third kappa shape index (κ3) is 4.11. The summed E-state index contributed by atoms with van der Waals surface area (Å²) < 4.78 is 12.7. The van der Waals surface area contributed by atoms with Gasteiger partial charge in [0, 0.05) is 17.5 Å². The number of hydrogen-bond donors (Lipinski definition) is 1. The molecule has 0 unspecified atom stereocenters. The van der Waals surface area contributed by atoms with E-state index < -0.39 is 5.97 Å². The van der Waals surface area contributed by atoms with Crippen LogP contribution in [0.1, 0.15) is 16.8 Å². The number of carbonyl (C=O) groups excluding carboxylic acids is 1. The van der Waals surface area contributed by atoms with Crippen LogP contribution in [-0.4, -0.2) is 44.2 Å². The molecule has 9 nitrogen and oxygen atoms in total. The maximum atomic E-state index is 13.0. The number of aryl methyl sites for hydroxylation is 1. The molecule has 170 valence electrons. The molecule has 0 saturated heterocycles. The van der Waals surface area contributed by atoms with Crippen molar-refractivity contribution in [2.24, 2.45) is 0 Å². The van der Waals surface area contributed by atoms with Gasteiger partial charge >= 0.3 is 5.97 Å². The molecule has 0 bridgehead atoms. The van der Waals surface area contributed by atoms with Crippen molar-refractivity contribution in [1.82, 2.24) is 24.5 Å². The van der Waals surface area contributed by atoms with Gasteiger partial charge < -0.3 is 19.8 Å². The van der Waals surface area contributed by atoms with Crippen molar-refractivity contribution in [2.45, 2.75) is 13.0 Å². The summed E-state index contributed by atoms with van der Waals surface area (Å²) in [6, 6.07) is 16.9. The lowest BCUT2D eigenvalue weighted by Gasteiger charge is -2.11. The number of fused-ring (bicyclic) bond motifs is 2. The van der Waals surface area contributed by atoms with E-state index in [4.69, 9.17) is 20.2 Å². The van der Waals surface area contributed by atoms with Gasteiger partial charge in [0.15, 0.2) is 11.5 Å². The van der Waals surface area contributed by atoms with Gasteiger partial charge in [0.1, 0.15) is 17.6 Å². The molecule has 0 saturated carbocycles. The maximum Gasteiger partial charge on any atom is 0.338 e. The summed E-state index contributed by atoms with van der Waals surface area (Å²) >= 11 is 0. The third-order valence-electron chi connectivity index (χ3n) is 5.53. The fourth-order valence-corrected chi connectivity index (χ4v) is 3.79. The first-order chi connectivity index (χ1) is 16.6. The van der Waals surface area contributed by atoms with E-state index in [0.717, 1.165) is 22.2 Å². The number of anilines is 1. The zero-order valence-electron chi connectivity index (χ0n) is 18.5. The summed E-state index contributed by atoms with van der Waals surface area (Å²) in [4.78, 5) is 30.2. The molecule has 0 radical (unpaired) electrons. The van der Waals surface area contributed by atoms with Crippen LogP contribution in [0.15, 0.2) is 67.3 Å². The maximum absolute atomic E-state index is 13.0. The van der Waals surface area contributed by atoms with Crippen LogP contribution in [0.2, 0.25) is 0 Å². The van der Waals surface area contributed by atoms with E-state index >= 15 is 0 Å². The Hall–Kier alpha value is -4.53.